The molecule has 41 heavy (non-hydrogen) atoms. The normalized spacial score (nSPS) is 16.4. The summed E-state index contributed by atoms with van der Waals surface area (Å²) < 4.78 is 20.6. The lowest BCUT2D eigenvalue weighted by atomic mass is 9.95. The Bertz CT molecular complexity index is 1610. The molecule has 0 bridgehead atoms. The first-order valence-corrected chi connectivity index (χ1v) is 15.0. The molecular weight excluding hydrogens is 585 g/mol. The number of ketones is 1. The van der Waals surface area contributed by atoms with E-state index in [4.69, 9.17) is 16.3 Å². The summed E-state index contributed by atoms with van der Waals surface area (Å²) in [6.07, 6.45) is 1.90. The Hall–Kier alpha value is -3.73. The Morgan fingerprint density at radius 1 is 1.10 bits per heavy atom. The number of nitrogens with zero attached hydrogens (tertiary/aromatic N) is 3. The molecule has 5 rings (SSSR count). The highest BCUT2D eigenvalue weighted by Gasteiger charge is 2.48. The fourth-order valence-corrected chi connectivity index (χ4v) is 6.49. The summed E-state index contributed by atoms with van der Waals surface area (Å²) in [5.41, 5.74) is 1.38. The molecule has 0 unspecified atom stereocenters. The Balaban J connectivity index is 1.49. The van der Waals surface area contributed by atoms with E-state index in [0.717, 1.165) is 29.7 Å². The van der Waals surface area contributed by atoms with Crippen LogP contribution in [0.15, 0.2) is 82.7 Å². The van der Waals surface area contributed by atoms with Crippen molar-refractivity contribution in [3.05, 3.63) is 106 Å². The number of carbonyl (C=O) groups is 2. The largest absolute Gasteiger partial charge is 0.507 e. The van der Waals surface area contributed by atoms with Crippen LogP contribution in [0.5, 0.6) is 5.75 Å². The maximum atomic E-state index is 14.3. The van der Waals surface area contributed by atoms with Crippen LogP contribution in [0.25, 0.3) is 5.76 Å². The summed E-state index contributed by atoms with van der Waals surface area (Å²) >= 11 is 8.77. The lowest BCUT2D eigenvalue weighted by Crippen LogP contribution is -2.29. The number of carbonyl (C=O) groups excluding carboxylic acids is 2. The lowest BCUT2D eigenvalue weighted by Gasteiger charge is -2.22. The second-order valence-corrected chi connectivity index (χ2v) is 11.8. The first-order chi connectivity index (χ1) is 19.9. The summed E-state index contributed by atoms with van der Waals surface area (Å²) in [6, 6.07) is 18.5. The number of thioether (sulfide) groups is 1. The van der Waals surface area contributed by atoms with Crippen molar-refractivity contribution >= 4 is 57.3 Å². The Labute approximate surface area is 249 Å². The molecule has 1 aliphatic heterocycles. The molecule has 1 aromatic heterocycles. The van der Waals surface area contributed by atoms with Gasteiger partial charge in [-0.1, -0.05) is 78.4 Å². The van der Waals surface area contributed by atoms with Crippen LogP contribution in [0.3, 0.4) is 0 Å². The van der Waals surface area contributed by atoms with Crippen LogP contribution in [-0.2, 0) is 15.3 Å². The fourth-order valence-electron chi connectivity index (χ4n) is 4.33. The number of amides is 1. The standard InChI is InChI=1S/C30H25ClFN3O4S2/c1-2-3-15-39-22-13-11-18(12-14-22)26(36)24-25(19-8-6-9-21(32)16-19)35(28(38)27(24)37)29-33-34-30(41-29)40-17-20-7-4-5-10-23(20)31/h4-14,16,25,36H,2-3,15,17H2,1H3/t25-/m0/s1. The van der Waals surface area contributed by atoms with Gasteiger partial charge in [-0.2, -0.15) is 0 Å². The van der Waals surface area contributed by atoms with Gasteiger partial charge in [0.25, 0.3) is 5.78 Å². The molecule has 4 aromatic rings. The molecular formula is C30H25ClFN3O4S2. The van der Waals surface area contributed by atoms with E-state index >= 15 is 0 Å². The first-order valence-electron chi connectivity index (χ1n) is 12.9. The van der Waals surface area contributed by atoms with E-state index in [1.165, 1.54) is 34.9 Å². The zero-order valence-electron chi connectivity index (χ0n) is 21.9. The highest BCUT2D eigenvalue weighted by atomic mass is 35.5. The summed E-state index contributed by atoms with van der Waals surface area (Å²) in [5, 5.41) is 20.5. The second-order valence-electron chi connectivity index (χ2n) is 9.18. The van der Waals surface area contributed by atoms with Crippen LogP contribution >= 0.6 is 34.7 Å². The summed E-state index contributed by atoms with van der Waals surface area (Å²) in [6.45, 7) is 2.63. The van der Waals surface area contributed by atoms with Gasteiger partial charge < -0.3 is 9.84 Å². The van der Waals surface area contributed by atoms with E-state index in [0.29, 0.717) is 38.6 Å². The number of halogens is 2. The molecule has 7 nitrogen and oxygen atoms in total. The monoisotopic (exact) mass is 609 g/mol. The minimum atomic E-state index is -1.11. The number of rotatable bonds is 10. The molecule has 1 atom stereocenters. The molecule has 1 aliphatic rings. The van der Waals surface area contributed by atoms with Crippen LogP contribution in [0.1, 0.15) is 42.5 Å². The zero-order valence-corrected chi connectivity index (χ0v) is 24.3. The SMILES string of the molecule is CCCCOc1ccc(C(O)=C2C(=O)C(=O)N(c3nnc(SCc4ccccc4Cl)s3)[C@H]2c2cccc(F)c2)cc1. The van der Waals surface area contributed by atoms with Gasteiger partial charge in [0.15, 0.2) is 4.34 Å². The molecule has 1 N–H and O–H groups in total. The Morgan fingerprint density at radius 3 is 2.61 bits per heavy atom. The number of hydrogen-bond acceptors (Lipinski definition) is 8. The van der Waals surface area contributed by atoms with E-state index in [2.05, 4.69) is 17.1 Å². The molecule has 1 fully saturated rings. The number of unbranched alkanes of at least 4 members (excludes halogenated alkanes) is 1. The average Bonchev–Trinajstić information content (AvgIpc) is 3.54. The van der Waals surface area contributed by atoms with Crippen molar-refractivity contribution in [1.82, 2.24) is 10.2 Å². The van der Waals surface area contributed by atoms with Gasteiger partial charge in [0.05, 0.1) is 18.2 Å². The third kappa shape index (κ3) is 6.29. The van der Waals surface area contributed by atoms with Gasteiger partial charge in [0, 0.05) is 16.3 Å². The van der Waals surface area contributed by atoms with Gasteiger partial charge in [-0.05, 0) is 60.0 Å². The van der Waals surface area contributed by atoms with Crippen molar-refractivity contribution in [2.75, 3.05) is 11.5 Å². The summed E-state index contributed by atoms with van der Waals surface area (Å²) in [4.78, 5) is 27.9. The molecule has 1 amide bonds. The maximum absolute atomic E-state index is 14.3. The van der Waals surface area contributed by atoms with Crippen molar-refractivity contribution in [3.8, 4) is 5.75 Å². The van der Waals surface area contributed by atoms with E-state index in [1.807, 2.05) is 18.2 Å². The topological polar surface area (TPSA) is 92.6 Å². The van der Waals surface area contributed by atoms with E-state index in [-0.39, 0.29) is 16.5 Å². The molecule has 0 saturated carbocycles. The Kier molecular flexibility index (Phi) is 9.02. The number of ether oxygens (including phenoxy) is 1. The number of Topliss-reactive ketones (excluding diaryl/α,β-unsaturated/α-hetero) is 1. The highest BCUT2D eigenvalue weighted by molar-refractivity contribution is 8.00. The van der Waals surface area contributed by atoms with E-state index in [1.54, 1.807) is 36.4 Å². The molecule has 0 radical (unpaired) electrons. The quantitative estimate of drug-likeness (QED) is 0.0499. The van der Waals surface area contributed by atoms with Gasteiger partial charge in [-0.15, -0.1) is 10.2 Å². The van der Waals surface area contributed by atoms with Crippen molar-refractivity contribution in [2.45, 2.75) is 35.9 Å². The van der Waals surface area contributed by atoms with Crippen molar-refractivity contribution in [3.63, 3.8) is 0 Å². The number of aliphatic hydroxyl groups excluding tert-OH is 1. The fraction of sp³-hybridized carbons (Fsp3) is 0.200. The van der Waals surface area contributed by atoms with Crippen molar-refractivity contribution in [2.24, 2.45) is 0 Å². The number of benzene rings is 3. The van der Waals surface area contributed by atoms with Crippen LogP contribution in [-0.4, -0.2) is 33.6 Å². The lowest BCUT2D eigenvalue weighted by molar-refractivity contribution is -0.132. The molecule has 1 saturated heterocycles. The molecule has 0 spiro atoms. The van der Waals surface area contributed by atoms with Gasteiger partial charge >= 0.3 is 5.91 Å². The van der Waals surface area contributed by atoms with Gasteiger partial charge in [0.2, 0.25) is 5.13 Å². The number of aromatic nitrogens is 2. The number of anilines is 1. The zero-order chi connectivity index (χ0) is 28.9. The predicted octanol–water partition coefficient (Wildman–Crippen LogP) is 7.43. The average molecular weight is 610 g/mol. The van der Waals surface area contributed by atoms with Crippen molar-refractivity contribution in [1.29, 1.82) is 0 Å². The van der Waals surface area contributed by atoms with Crippen LogP contribution in [0.2, 0.25) is 5.02 Å². The summed E-state index contributed by atoms with van der Waals surface area (Å²) in [7, 11) is 0. The van der Waals surface area contributed by atoms with Gasteiger partial charge in [-0.3, -0.25) is 14.5 Å². The van der Waals surface area contributed by atoms with Gasteiger partial charge in [0.1, 0.15) is 17.3 Å². The third-order valence-electron chi connectivity index (χ3n) is 6.41. The minimum Gasteiger partial charge on any atom is -0.507 e. The van der Waals surface area contributed by atoms with Crippen LogP contribution < -0.4 is 9.64 Å². The Morgan fingerprint density at radius 2 is 1.88 bits per heavy atom. The second kappa shape index (κ2) is 12.8. The highest BCUT2D eigenvalue weighted by Crippen LogP contribution is 2.44. The van der Waals surface area contributed by atoms with Crippen LogP contribution in [0, 0.1) is 5.82 Å². The molecule has 0 aliphatic carbocycles. The number of hydrogen-bond donors (Lipinski definition) is 1. The predicted molar refractivity (Wildman–Crippen MR) is 159 cm³/mol. The number of aliphatic hydroxyl groups is 1. The molecule has 3 aromatic carbocycles. The van der Waals surface area contributed by atoms with Crippen LogP contribution in [0.4, 0.5) is 9.52 Å². The minimum absolute atomic E-state index is 0.154. The maximum Gasteiger partial charge on any atom is 0.301 e. The first kappa shape index (κ1) is 28.8. The summed E-state index contributed by atoms with van der Waals surface area (Å²) in [5.74, 6) is -1.57. The van der Waals surface area contributed by atoms with E-state index < -0.39 is 23.5 Å². The molecule has 11 heteroatoms. The van der Waals surface area contributed by atoms with E-state index in [9.17, 15) is 19.1 Å². The molecule has 210 valence electrons. The van der Waals surface area contributed by atoms with Crippen molar-refractivity contribution < 1.29 is 23.8 Å². The smallest absolute Gasteiger partial charge is 0.301 e. The third-order valence-corrected chi connectivity index (χ3v) is 8.89. The molecule has 2 heterocycles. The van der Waals surface area contributed by atoms with Gasteiger partial charge in [-0.25, -0.2) is 4.39 Å².